The van der Waals surface area contributed by atoms with Crippen molar-refractivity contribution in [3.8, 4) is 5.75 Å². The van der Waals surface area contributed by atoms with Gasteiger partial charge in [-0.2, -0.15) is 0 Å². The van der Waals surface area contributed by atoms with Gasteiger partial charge in [-0.1, -0.05) is 37.1 Å². The maximum Gasteiger partial charge on any atom is 0.137 e. The van der Waals surface area contributed by atoms with Crippen molar-refractivity contribution in [2.45, 2.75) is 32.1 Å². The monoisotopic (exact) mass is 268 g/mol. The average Bonchev–Trinajstić information content (AvgIpc) is 3.29. The minimum absolute atomic E-state index is 0.354. The largest absolute Gasteiger partial charge is 0.497 e. The molecular weight excluding hydrogens is 248 g/mol. The van der Waals surface area contributed by atoms with Crippen LogP contribution in [-0.2, 0) is 11.2 Å². The molecule has 2 nitrogen and oxygen atoms in total. The van der Waals surface area contributed by atoms with Gasteiger partial charge in [0.25, 0.3) is 0 Å². The number of ketones is 1. The summed E-state index contributed by atoms with van der Waals surface area (Å²) < 4.78 is 5.28. The molecule has 3 rings (SSSR count). The number of ether oxygens (including phenoxy) is 1. The molecule has 0 N–H and O–H groups in total. The second-order valence-corrected chi connectivity index (χ2v) is 5.70. The normalized spacial score (nSPS) is 14.4. The summed E-state index contributed by atoms with van der Waals surface area (Å²) in [6, 6.07) is 12.2. The Labute approximate surface area is 119 Å². The molecule has 1 aliphatic rings. The molecule has 2 aromatic rings. The van der Waals surface area contributed by atoms with E-state index in [-0.39, 0.29) is 0 Å². The molecule has 0 saturated heterocycles. The number of rotatable bonds is 6. The van der Waals surface area contributed by atoms with E-state index < -0.39 is 0 Å². The Hall–Kier alpha value is -1.83. The summed E-state index contributed by atoms with van der Waals surface area (Å²) in [4.78, 5) is 12.1. The molecule has 2 heteroatoms. The molecule has 0 radical (unpaired) electrons. The third-order valence-electron chi connectivity index (χ3n) is 4.10. The van der Waals surface area contributed by atoms with Crippen LogP contribution >= 0.6 is 0 Å². The minimum Gasteiger partial charge on any atom is -0.497 e. The van der Waals surface area contributed by atoms with Crippen LogP contribution in [0, 0.1) is 5.92 Å². The summed E-state index contributed by atoms with van der Waals surface area (Å²) in [5, 5.41) is 2.30. The highest BCUT2D eigenvalue weighted by atomic mass is 16.5. The number of hydrogen-bond donors (Lipinski definition) is 0. The van der Waals surface area contributed by atoms with Crippen LogP contribution in [0.4, 0.5) is 0 Å². The van der Waals surface area contributed by atoms with Gasteiger partial charge in [0, 0.05) is 12.8 Å². The molecule has 0 atom stereocenters. The number of carbonyl (C=O) groups excluding carboxylic acids is 1. The Bertz CT molecular complexity index is 626. The van der Waals surface area contributed by atoms with Crippen molar-refractivity contribution in [1.82, 2.24) is 0 Å². The van der Waals surface area contributed by atoms with Gasteiger partial charge in [-0.15, -0.1) is 0 Å². The van der Waals surface area contributed by atoms with Gasteiger partial charge in [0.15, 0.2) is 0 Å². The predicted octanol–water partition coefficient (Wildman–Crippen LogP) is 4.15. The first-order valence-electron chi connectivity index (χ1n) is 7.33. The molecule has 104 valence electrons. The number of benzene rings is 2. The molecule has 0 amide bonds. The number of carbonyl (C=O) groups is 1. The summed E-state index contributed by atoms with van der Waals surface area (Å²) in [7, 11) is 1.67. The fourth-order valence-electron chi connectivity index (χ4n) is 2.67. The topological polar surface area (TPSA) is 26.3 Å². The zero-order chi connectivity index (χ0) is 13.9. The van der Waals surface area contributed by atoms with Gasteiger partial charge in [0.1, 0.15) is 11.5 Å². The molecule has 0 unspecified atom stereocenters. The summed E-state index contributed by atoms with van der Waals surface area (Å²) >= 11 is 0. The first-order chi connectivity index (χ1) is 9.76. The molecule has 2 aromatic carbocycles. The SMILES string of the molecule is COc1ccc2cccc(CC(=O)CCC3CC3)c2c1. The first-order valence-corrected chi connectivity index (χ1v) is 7.33. The van der Waals surface area contributed by atoms with E-state index in [4.69, 9.17) is 4.74 Å². The molecule has 1 aliphatic carbocycles. The van der Waals surface area contributed by atoms with E-state index >= 15 is 0 Å². The van der Waals surface area contributed by atoms with Crippen molar-refractivity contribution < 1.29 is 9.53 Å². The summed E-state index contributed by atoms with van der Waals surface area (Å²) in [6.45, 7) is 0. The van der Waals surface area contributed by atoms with Gasteiger partial charge < -0.3 is 4.74 Å². The van der Waals surface area contributed by atoms with Gasteiger partial charge in [-0.3, -0.25) is 4.79 Å². The molecule has 0 bridgehead atoms. The molecule has 0 heterocycles. The van der Waals surface area contributed by atoms with Crippen molar-refractivity contribution in [3.63, 3.8) is 0 Å². The lowest BCUT2D eigenvalue weighted by molar-refractivity contribution is -0.118. The van der Waals surface area contributed by atoms with E-state index in [1.54, 1.807) is 7.11 Å². The highest BCUT2D eigenvalue weighted by molar-refractivity contribution is 5.91. The Kier molecular flexibility index (Phi) is 3.72. The van der Waals surface area contributed by atoms with Crippen molar-refractivity contribution in [2.24, 2.45) is 5.92 Å². The van der Waals surface area contributed by atoms with E-state index in [1.165, 1.54) is 18.2 Å². The summed E-state index contributed by atoms with van der Waals surface area (Å²) in [5.74, 6) is 2.02. The standard InChI is InChI=1S/C18H20O2/c1-20-17-10-8-14-3-2-4-15(18(14)12-17)11-16(19)9-7-13-5-6-13/h2-4,8,10,12-13H,5-7,9,11H2,1H3. The minimum atomic E-state index is 0.354. The third kappa shape index (κ3) is 3.01. The van der Waals surface area contributed by atoms with Gasteiger partial charge in [-0.25, -0.2) is 0 Å². The Morgan fingerprint density at radius 2 is 2.10 bits per heavy atom. The maximum atomic E-state index is 12.1. The van der Waals surface area contributed by atoms with Gasteiger partial charge in [0.05, 0.1) is 7.11 Å². The van der Waals surface area contributed by atoms with Gasteiger partial charge >= 0.3 is 0 Å². The van der Waals surface area contributed by atoms with Crippen LogP contribution in [0.15, 0.2) is 36.4 Å². The number of hydrogen-bond acceptors (Lipinski definition) is 2. The second kappa shape index (κ2) is 5.66. The molecule has 1 saturated carbocycles. The maximum absolute atomic E-state index is 12.1. The van der Waals surface area contributed by atoms with E-state index in [1.807, 2.05) is 24.3 Å². The van der Waals surface area contributed by atoms with Crippen molar-refractivity contribution in [2.75, 3.05) is 7.11 Å². The molecule has 0 spiro atoms. The van der Waals surface area contributed by atoms with Gasteiger partial charge in [0.2, 0.25) is 0 Å². The van der Waals surface area contributed by atoms with E-state index in [2.05, 4.69) is 12.1 Å². The molecule has 20 heavy (non-hydrogen) atoms. The lowest BCUT2D eigenvalue weighted by atomic mass is 9.98. The van der Waals surface area contributed by atoms with E-state index in [0.717, 1.165) is 35.5 Å². The van der Waals surface area contributed by atoms with Crippen LogP contribution in [0.3, 0.4) is 0 Å². The van der Waals surface area contributed by atoms with Crippen LogP contribution in [-0.4, -0.2) is 12.9 Å². The zero-order valence-electron chi connectivity index (χ0n) is 11.9. The van der Waals surface area contributed by atoms with Crippen LogP contribution in [0.5, 0.6) is 5.75 Å². The fourth-order valence-corrected chi connectivity index (χ4v) is 2.67. The zero-order valence-corrected chi connectivity index (χ0v) is 11.9. The summed E-state index contributed by atoms with van der Waals surface area (Å²) in [6.07, 6.45) is 4.98. The number of Topliss-reactive ketones (excluding diaryl/α,β-unsaturated/α-hetero) is 1. The van der Waals surface area contributed by atoms with E-state index in [0.29, 0.717) is 12.2 Å². The third-order valence-corrected chi connectivity index (χ3v) is 4.10. The second-order valence-electron chi connectivity index (χ2n) is 5.70. The van der Waals surface area contributed by atoms with Gasteiger partial charge in [-0.05, 0) is 40.8 Å². The van der Waals surface area contributed by atoms with Crippen LogP contribution in [0.1, 0.15) is 31.2 Å². The molecule has 1 fully saturated rings. The van der Waals surface area contributed by atoms with Crippen molar-refractivity contribution in [3.05, 3.63) is 42.0 Å². The highest BCUT2D eigenvalue weighted by Crippen LogP contribution is 2.33. The van der Waals surface area contributed by atoms with E-state index in [9.17, 15) is 4.79 Å². The van der Waals surface area contributed by atoms with Crippen molar-refractivity contribution >= 4 is 16.6 Å². The molecular formula is C18H20O2. The van der Waals surface area contributed by atoms with Crippen LogP contribution in [0.2, 0.25) is 0 Å². The van der Waals surface area contributed by atoms with Crippen LogP contribution < -0.4 is 4.74 Å². The van der Waals surface area contributed by atoms with Crippen LogP contribution in [0.25, 0.3) is 10.8 Å². The Morgan fingerprint density at radius 3 is 2.85 bits per heavy atom. The number of fused-ring (bicyclic) bond motifs is 1. The molecule has 0 aromatic heterocycles. The molecule has 0 aliphatic heterocycles. The highest BCUT2D eigenvalue weighted by Gasteiger charge is 2.21. The Balaban J connectivity index is 1.80. The lowest BCUT2D eigenvalue weighted by Gasteiger charge is -2.08. The average molecular weight is 268 g/mol. The van der Waals surface area contributed by atoms with Crippen molar-refractivity contribution in [1.29, 1.82) is 0 Å². The Morgan fingerprint density at radius 1 is 1.25 bits per heavy atom. The summed E-state index contributed by atoms with van der Waals surface area (Å²) in [5.41, 5.74) is 1.11. The smallest absolute Gasteiger partial charge is 0.137 e. The predicted molar refractivity (Wildman–Crippen MR) is 81.2 cm³/mol. The lowest BCUT2D eigenvalue weighted by Crippen LogP contribution is -2.03. The first kappa shape index (κ1) is 13.2. The quantitative estimate of drug-likeness (QED) is 0.786. The number of methoxy groups -OCH3 is 1. The fraction of sp³-hybridized carbons (Fsp3) is 0.389.